The van der Waals surface area contributed by atoms with Crippen LogP contribution in [0.15, 0.2) is 27.8 Å². The molecule has 0 unspecified atom stereocenters. The van der Waals surface area contributed by atoms with Gasteiger partial charge in [-0.15, -0.1) is 10.2 Å². The van der Waals surface area contributed by atoms with Gasteiger partial charge in [-0.25, -0.2) is 0 Å². The van der Waals surface area contributed by atoms with Crippen LogP contribution >= 0.6 is 11.8 Å². The molecule has 2 aromatic rings. The van der Waals surface area contributed by atoms with E-state index >= 15 is 0 Å². The number of benzene rings is 1. The molecule has 3 rings (SSSR count). The van der Waals surface area contributed by atoms with E-state index in [1.165, 1.54) is 24.6 Å². The highest BCUT2D eigenvalue weighted by molar-refractivity contribution is 7.99. The van der Waals surface area contributed by atoms with Crippen molar-refractivity contribution < 1.29 is 18.7 Å². The summed E-state index contributed by atoms with van der Waals surface area (Å²) in [5.41, 5.74) is 0.675. The molecule has 1 aliphatic rings. The smallest absolute Gasteiger partial charge is 0.277 e. The van der Waals surface area contributed by atoms with Gasteiger partial charge in [-0.1, -0.05) is 11.8 Å². The molecule has 1 aromatic carbocycles. The Morgan fingerprint density at radius 3 is 2.84 bits per heavy atom. The Morgan fingerprint density at radius 1 is 1.36 bits per heavy atom. The number of carbonyl (C=O) groups excluding carboxylic acids is 1. The lowest BCUT2D eigenvalue weighted by Gasteiger charge is -2.11. The molecule has 0 saturated heterocycles. The number of ether oxygens (including phenoxy) is 2. The van der Waals surface area contributed by atoms with Crippen molar-refractivity contribution in [1.82, 2.24) is 15.5 Å². The van der Waals surface area contributed by atoms with Crippen molar-refractivity contribution in [3.8, 4) is 23.0 Å². The first kappa shape index (κ1) is 17.6. The van der Waals surface area contributed by atoms with E-state index < -0.39 is 0 Å². The lowest BCUT2D eigenvalue weighted by atomic mass is 10.2. The third-order valence-corrected chi connectivity index (χ3v) is 4.91. The third-order valence-electron chi connectivity index (χ3n) is 4.09. The summed E-state index contributed by atoms with van der Waals surface area (Å²) in [5, 5.41) is 11.4. The molecule has 1 heterocycles. The van der Waals surface area contributed by atoms with Crippen LogP contribution in [0.3, 0.4) is 0 Å². The lowest BCUT2D eigenvalue weighted by molar-refractivity contribution is -0.119. The second-order valence-electron chi connectivity index (χ2n) is 5.92. The number of hydrogen-bond donors (Lipinski definition) is 1. The number of methoxy groups -OCH3 is 2. The van der Waals surface area contributed by atoms with Crippen LogP contribution in [0.4, 0.5) is 0 Å². The first-order valence-corrected chi connectivity index (χ1v) is 9.07. The Bertz CT molecular complexity index is 745. The standard InChI is InChI=1S/C17H21N3O4S/c1-10(11-4-5-11)18-15(21)9-25-17-20-19-16(24-17)13-7-6-12(22-2)8-14(13)23-3/h6-8,10-11H,4-5,9H2,1-3H3,(H,18,21)/t10-/m1/s1. The van der Waals surface area contributed by atoms with Crippen molar-refractivity contribution in [3.63, 3.8) is 0 Å². The van der Waals surface area contributed by atoms with Gasteiger partial charge in [0.2, 0.25) is 5.91 Å². The second-order valence-corrected chi connectivity index (χ2v) is 6.85. The van der Waals surface area contributed by atoms with E-state index in [1.54, 1.807) is 32.4 Å². The fourth-order valence-corrected chi connectivity index (χ4v) is 3.06. The summed E-state index contributed by atoms with van der Waals surface area (Å²) in [6, 6.07) is 5.57. The topological polar surface area (TPSA) is 86.5 Å². The number of rotatable bonds is 8. The van der Waals surface area contributed by atoms with E-state index in [0.29, 0.717) is 34.1 Å². The molecule has 25 heavy (non-hydrogen) atoms. The van der Waals surface area contributed by atoms with Crippen LogP contribution < -0.4 is 14.8 Å². The molecule has 134 valence electrons. The number of carbonyl (C=O) groups is 1. The molecular weight excluding hydrogens is 342 g/mol. The summed E-state index contributed by atoms with van der Waals surface area (Å²) in [6.45, 7) is 2.04. The van der Waals surface area contributed by atoms with E-state index in [9.17, 15) is 4.79 Å². The van der Waals surface area contributed by atoms with E-state index in [-0.39, 0.29) is 17.7 Å². The number of thioether (sulfide) groups is 1. The van der Waals surface area contributed by atoms with Gasteiger partial charge >= 0.3 is 0 Å². The normalized spacial score (nSPS) is 14.8. The maximum atomic E-state index is 12.0. The zero-order chi connectivity index (χ0) is 17.8. The molecule has 0 aliphatic heterocycles. The Kier molecular flexibility index (Phi) is 5.47. The van der Waals surface area contributed by atoms with Gasteiger partial charge in [-0.05, 0) is 37.8 Å². The first-order chi connectivity index (χ1) is 12.1. The first-order valence-electron chi connectivity index (χ1n) is 8.08. The predicted molar refractivity (Wildman–Crippen MR) is 93.9 cm³/mol. The molecule has 8 heteroatoms. The van der Waals surface area contributed by atoms with Crippen molar-refractivity contribution in [3.05, 3.63) is 18.2 Å². The Hall–Kier alpha value is -2.22. The average molecular weight is 363 g/mol. The summed E-state index contributed by atoms with van der Waals surface area (Å²) in [5.74, 6) is 2.46. The minimum absolute atomic E-state index is 0.0221. The molecule has 1 aliphatic carbocycles. The van der Waals surface area contributed by atoms with Crippen LogP contribution in [0.1, 0.15) is 19.8 Å². The van der Waals surface area contributed by atoms with Crippen molar-refractivity contribution in [2.75, 3.05) is 20.0 Å². The largest absolute Gasteiger partial charge is 0.497 e. The summed E-state index contributed by atoms with van der Waals surface area (Å²) in [7, 11) is 3.15. The summed E-state index contributed by atoms with van der Waals surface area (Å²) < 4.78 is 16.2. The van der Waals surface area contributed by atoms with Crippen LogP contribution in [0.5, 0.6) is 11.5 Å². The van der Waals surface area contributed by atoms with Gasteiger partial charge in [0, 0.05) is 12.1 Å². The summed E-state index contributed by atoms with van der Waals surface area (Å²) >= 11 is 1.22. The van der Waals surface area contributed by atoms with Crippen molar-refractivity contribution in [2.45, 2.75) is 31.0 Å². The molecule has 1 N–H and O–H groups in total. The lowest BCUT2D eigenvalue weighted by Crippen LogP contribution is -2.35. The van der Waals surface area contributed by atoms with Crippen LogP contribution in [-0.4, -0.2) is 42.1 Å². The number of amides is 1. The molecule has 1 amide bonds. The molecule has 0 bridgehead atoms. The molecular formula is C17H21N3O4S. The van der Waals surface area contributed by atoms with Crippen molar-refractivity contribution in [1.29, 1.82) is 0 Å². The predicted octanol–water partition coefficient (Wildman–Crippen LogP) is 2.76. The fraction of sp³-hybridized carbons (Fsp3) is 0.471. The Balaban J connectivity index is 1.61. The maximum absolute atomic E-state index is 12.0. The van der Waals surface area contributed by atoms with Gasteiger partial charge in [-0.3, -0.25) is 4.79 Å². The Labute approximate surface area is 150 Å². The summed E-state index contributed by atoms with van der Waals surface area (Å²) in [4.78, 5) is 12.0. The minimum Gasteiger partial charge on any atom is -0.497 e. The SMILES string of the molecule is COc1ccc(-c2nnc(SCC(=O)N[C@H](C)C3CC3)o2)c(OC)c1. The van der Waals surface area contributed by atoms with Crippen LogP contribution in [0, 0.1) is 5.92 Å². The van der Waals surface area contributed by atoms with Crippen LogP contribution in [0.25, 0.3) is 11.5 Å². The molecule has 1 aromatic heterocycles. The highest BCUT2D eigenvalue weighted by Gasteiger charge is 2.28. The molecule has 1 saturated carbocycles. The summed E-state index contributed by atoms with van der Waals surface area (Å²) in [6.07, 6.45) is 2.40. The third kappa shape index (κ3) is 4.45. The molecule has 7 nitrogen and oxygen atoms in total. The molecule has 1 atom stereocenters. The van der Waals surface area contributed by atoms with Crippen LogP contribution in [-0.2, 0) is 4.79 Å². The highest BCUT2D eigenvalue weighted by atomic mass is 32.2. The molecule has 0 spiro atoms. The Morgan fingerprint density at radius 2 is 2.16 bits per heavy atom. The van der Waals surface area contributed by atoms with Crippen molar-refractivity contribution in [2.24, 2.45) is 5.92 Å². The maximum Gasteiger partial charge on any atom is 0.277 e. The number of nitrogens with zero attached hydrogens (tertiary/aromatic N) is 2. The van der Waals surface area contributed by atoms with Gasteiger partial charge in [0.25, 0.3) is 11.1 Å². The quantitative estimate of drug-likeness (QED) is 0.722. The minimum atomic E-state index is -0.0221. The van der Waals surface area contributed by atoms with E-state index in [1.807, 2.05) is 6.92 Å². The highest BCUT2D eigenvalue weighted by Crippen LogP contribution is 2.34. The van der Waals surface area contributed by atoms with E-state index in [4.69, 9.17) is 13.9 Å². The van der Waals surface area contributed by atoms with Gasteiger partial charge in [0.05, 0.1) is 25.5 Å². The van der Waals surface area contributed by atoms with E-state index in [0.717, 1.165) is 0 Å². The van der Waals surface area contributed by atoms with Gasteiger partial charge in [0.1, 0.15) is 11.5 Å². The zero-order valence-electron chi connectivity index (χ0n) is 14.4. The second kappa shape index (κ2) is 7.77. The molecule has 0 radical (unpaired) electrons. The zero-order valence-corrected chi connectivity index (χ0v) is 15.3. The number of nitrogens with one attached hydrogen (secondary N) is 1. The van der Waals surface area contributed by atoms with Gasteiger partial charge in [-0.2, -0.15) is 0 Å². The van der Waals surface area contributed by atoms with Crippen LogP contribution in [0.2, 0.25) is 0 Å². The average Bonchev–Trinajstić information content (AvgIpc) is 3.38. The van der Waals surface area contributed by atoms with Crippen molar-refractivity contribution >= 4 is 17.7 Å². The van der Waals surface area contributed by atoms with Gasteiger partial charge in [0.15, 0.2) is 0 Å². The monoisotopic (exact) mass is 363 g/mol. The van der Waals surface area contributed by atoms with E-state index in [2.05, 4.69) is 15.5 Å². The molecule has 1 fully saturated rings. The van der Waals surface area contributed by atoms with Gasteiger partial charge < -0.3 is 19.2 Å². The number of hydrogen-bond acceptors (Lipinski definition) is 7. The fourth-order valence-electron chi connectivity index (χ4n) is 2.49. The number of aromatic nitrogens is 2.